The second-order valence-corrected chi connectivity index (χ2v) is 12.9. The summed E-state index contributed by atoms with van der Waals surface area (Å²) in [5.74, 6) is 0.288. The molecule has 0 bridgehead atoms. The Hall–Kier alpha value is -3.27. The average Bonchev–Trinajstić information content (AvgIpc) is 3.44. The fraction of sp³-hybridized carbons (Fsp3) is 0.333. The van der Waals surface area contributed by atoms with Gasteiger partial charge in [0.2, 0.25) is 21.8 Å². The number of nitrogens with zero attached hydrogens (tertiary/aromatic N) is 2. The molecule has 0 heterocycles. The summed E-state index contributed by atoms with van der Waals surface area (Å²) in [5, 5.41) is 3.81. The number of para-hydroxylation sites is 1. The monoisotopic (exact) mass is 617 g/mol. The largest absolute Gasteiger partial charge is 0.457 e. The molecular weight excluding hydrogens is 585 g/mol. The van der Waals surface area contributed by atoms with Crippen LogP contribution >= 0.6 is 23.2 Å². The molecule has 0 aromatic heterocycles. The number of nitrogens with one attached hydrogen (secondary N) is 1. The zero-order chi connectivity index (χ0) is 29.6. The highest BCUT2D eigenvalue weighted by Crippen LogP contribution is 2.27. The van der Waals surface area contributed by atoms with E-state index in [1.165, 1.54) is 4.90 Å². The first-order valence-electron chi connectivity index (χ1n) is 13.4. The van der Waals surface area contributed by atoms with Gasteiger partial charge in [-0.15, -0.1) is 0 Å². The lowest BCUT2D eigenvalue weighted by atomic mass is 10.1. The maximum absolute atomic E-state index is 13.8. The highest BCUT2D eigenvalue weighted by Gasteiger charge is 2.31. The zero-order valence-electron chi connectivity index (χ0n) is 22.9. The first-order valence-corrected chi connectivity index (χ1v) is 16.0. The third-order valence-corrected chi connectivity index (χ3v) is 8.73. The van der Waals surface area contributed by atoms with Crippen LogP contribution in [0.25, 0.3) is 0 Å². The first-order chi connectivity index (χ1) is 19.5. The van der Waals surface area contributed by atoms with Crippen molar-refractivity contribution in [2.45, 2.75) is 51.2 Å². The predicted octanol–water partition coefficient (Wildman–Crippen LogP) is 6.03. The molecule has 4 rings (SSSR count). The number of anilines is 1. The smallest absolute Gasteiger partial charge is 0.244 e. The van der Waals surface area contributed by atoms with Gasteiger partial charge < -0.3 is 15.0 Å². The Morgan fingerprint density at radius 3 is 2.22 bits per heavy atom. The van der Waals surface area contributed by atoms with Gasteiger partial charge in [-0.25, -0.2) is 8.42 Å². The Kier molecular flexibility index (Phi) is 10.2. The molecule has 0 unspecified atom stereocenters. The molecule has 1 atom stereocenters. The fourth-order valence-electron chi connectivity index (χ4n) is 4.73. The van der Waals surface area contributed by atoms with Crippen LogP contribution in [-0.4, -0.2) is 50.0 Å². The van der Waals surface area contributed by atoms with E-state index in [0.29, 0.717) is 27.1 Å². The number of carbonyl (C=O) groups is 2. The van der Waals surface area contributed by atoms with Gasteiger partial charge in [-0.1, -0.05) is 60.3 Å². The highest BCUT2D eigenvalue weighted by atomic mass is 35.5. The molecule has 1 aliphatic rings. The molecular formula is C30H33Cl2N3O5S. The molecule has 1 N–H and O–H groups in total. The zero-order valence-corrected chi connectivity index (χ0v) is 25.3. The summed E-state index contributed by atoms with van der Waals surface area (Å²) >= 11 is 12.5. The molecule has 218 valence electrons. The van der Waals surface area contributed by atoms with Crippen LogP contribution in [0.4, 0.5) is 5.69 Å². The average molecular weight is 619 g/mol. The molecule has 0 spiro atoms. The van der Waals surface area contributed by atoms with Crippen LogP contribution in [-0.2, 0) is 26.2 Å². The van der Waals surface area contributed by atoms with Gasteiger partial charge in [0, 0.05) is 22.6 Å². The Morgan fingerprint density at radius 1 is 0.976 bits per heavy atom. The topological polar surface area (TPSA) is 96.0 Å². The lowest BCUT2D eigenvalue weighted by Gasteiger charge is -2.32. The molecule has 41 heavy (non-hydrogen) atoms. The fourth-order valence-corrected chi connectivity index (χ4v) is 6.04. The van der Waals surface area contributed by atoms with Crippen LogP contribution in [0.2, 0.25) is 10.0 Å². The van der Waals surface area contributed by atoms with Crippen molar-refractivity contribution in [1.82, 2.24) is 10.2 Å². The summed E-state index contributed by atoms with van der Waals surface area (Å²) in [6.07, 6.45) is 4.90. The van der Waals surface area contributed by atoms with E-state index < -0.39 is 28.5 Å². The van der Waals surface area contributed by atoms with Crippen LogP contribution in [0, 0.1) is 0 Å². The van der Waals surface area contributed by atoms with Gasteiger partial charge in [0.05, 0.1) is 11.9 Å². The van der Waals surface area contributed by atoms with Crippen LogP contribution in [0.3, 0.4) is 0 Å². The second kappa shape index (κ2) is 13.6. The molecule has 1 fully saturated rings. The minimum absolute atomic E-state index is 0.00442. The molecule has 2 amide bonds. The normalized spacial score (nSPS) is 14.3. The van der Waals surface area contributed by atoms with Crippen molar-refractivity contribution in [3.8, 4) is 11.5 Å². The quantitative estimate of drug-likeness (QED) is 0.283. The summed E-state index contributed by atoms with van der Waals surface area (Å²) in [6.45, 7) is 1.12. The molecule has 0 aliphatic heterocycles. The van der Waals surface area contributed by atoms with Crippen LogP contribution < -0.4 is 14.4 Å². The van der Waals surface area contributed by atoms with Crippen molar-refractivity contribution in [1.29, 1.82) is 0 Å². The van der Waals surface area contributed by atoms with Gasteiger partial charge in [0.1, 0.15) is 24.1 Å². The molecule has 3 aromatic rings. The SMILES string of the molecule is C[C@H](C(=O)NC1CCCC1)N(Cc1ccc(Cl)cc1Cl)C(=O)CN(c1ccc(Oc2ccccc2)cc1)S(C)(=O)=O. The van der Waals surface area contributed by atoms with E-state index in [2.05, 4.69) is 5.32 Å². The van der Waals surface area contributed by atoms with Gasteiger partial charge in [-0.3, -0.25) is 13.9 Å². The van der Waals surface area contributed by atoms with Crippen molar-refractivity contribution in [2.75, 3.05) is 17.1 Å². The Bertz CT molecular complexity index is 1460. The van der Waals surface area contributed by atoms with E-state index in [1.54, 1.807) is 61.5 Å². The van der Waals surface area contributed by atoms with Crippen molar-refractivity contribution < 1.29 is 22.7 Å². The first kappa shape index (κ1) is 30.7. The van der Waals surface area contributed by atoms with Gasteiger partial charge >= 0.3 is 0 Å². The number of ether oxygens (including phenoxy) is 1. The van der Waals surface area contributed by atoms with Crippen molar-refractivity contribution in [3.05, 3.63) is 88.4 Å². The Labute approximate surface area is 251 Å². The third-order valence-electron chi connectivity index (χ3n) is 7.01. The minimum atomic E-state index is -3.87. The van der Waals surface area contributed by atoms with Crippen molar-refractivity contribution in [2.24, 2.45) is 0 Å². The lowest BCUT2D eigenvalue weighted by Crippen LogP contribution is -2.52. The van der Waals surface area contributed by atoms with E-state index in [-0.39, 0.29) is 24.2 Å². The predicted molar refractivity (Wildman–Crippen MR) is 162 cm³/mol. The highest BCUT2D eigenvalue weighted by molar-refractivity contribution is 7.92. The summed E-state index contributed by atoms with van der Waals surface area (Å²) in [5.41, 5.74) is 0.868. The van der Waals surface area contributed by atoms with E-state index in [1.807, 2.05) is 18.2 Å². The van der Waals surface area contributed by atoms with Crippen LogP contribution in [0.5, 0.6) is 11.5 Å². The molecule has 8 nitrogen and oxygen atoms in total. The van der Waals surface area contributed by atoms with Gasteiger partial charge in [-0.2, -0.15) is 0 Å². The Morgan fingerprint density at radius 2 is 1.61 bits per heavy atom. The molecule has 3 aromatic carbocycles. The van der Waals surface area contributed by atoms with E-state index in [0.717, 1.165) is 36.2 Å². The maximum Gasteiger partial charge on any atom is 0.244 e. The Balaban J connectivity index is 1.57. The number of rotatable bonds is 11. The van der Waals surface area contributed by atoms with E-state index >= 15 is 0 Å². The molecule has 0 saturated heterocycles. The minimum Gasteiger partial charge on any atom is -0.457 e. The van der Waals surface area contributed by atoms with Crippen LogP contribution in [0.15, 0.2) is 72.8 Å². The summed E-state index contributed by atoms with van der Waals surface area (Å²) < 4.78 is 32.5. The van der Waals surface area contributed by atoms with Gasteiger partial charge in [0.25, 0.3) is 0 Å². The molecule has 1 saturated carbocycles. The number of carbonyl (C=O) groups excluding carboxylic acids is 2. The maximum atomic E-state index is 13.8. The standard InChI is InChI=1S/C30H33Cl2N3O5S/c1-21(30(37)33-24-8-6-7-9-24)34(19-22-12-13-23(31)18-28(22)32)29(36)20-35(41(2,38)39)25-14-16-27(17-15-25)40-26-10-4-3-5-11-26/h3-5,10-18,21,24H,6-9,19-20H2,1-2H3,(H,33,37)/t21-/m1/s1. The second-order valence-electron chi connectivity index (χ2n) is 10.1. The number of hydrogen-bond acceptors (Lipinski definition) is 5. The van der Waals surface area contributed by atoms with Crippen molar-refractivity contribution in [3.63, 3.8) is 0 Å². The summed E-state index contributed by atoms with van der Waals surface area (Å²) in [7, 11) is -3.87. The number of halogens is 2. The van der Waals surface area contributed by atoms with Gasteiger partial charge in [0.15, 0.2) is 0 Å². The number of benzene rings is 3. The number of hydrogen-bond donors (Lipinski definition) is 1. The molecule has 11 heteroatoms. The van der Waals surface area contributed by atoms with Gasteiger partial charge in [-0.05, 0) is 73.9 Å². The molecule has 1 aliphatic carbocycles. The lowest BCUT2D eigenvalue weighted by molar-refractivity contribution is -0.139. The van der Waals surface area contributed by atoms with Crippen molar-refractivity contribution >= 4 is 50.7 Å². The van der Waals surface area contributed by atoms with E-state index in [9.17, 15) is 18.0 Å². The summed E-state index contributed by atoms with van der Waals surface area (Å²) in [6, 6.07) is 19.7. The third kappa shape index (κ3) is 8.38. The van der Waals surface area contributed by atoms with Crippen LogP contribution in [0.1, 0.15) is 38.2 Å². The summed E-state index contributed by atoms with van der Waals surface area (Å²) in [4.78, 5) is 28.4. The van der Waals surface area contributed by atoms with E-state index in [4.69, 9.17) is 27.9 Å². The number of amides is 2. The number of sulfonamides is 1. The molecule has 0 radical (unpaired) electrons.